The maximum atomic E-state index is 12.9. The van der Waals surface area contributed by atoms with Crippen molar-refractivity contribution < 1.29 is 17.6 Å². The molecule has 5 heteroatoms. The van der Waals surface area contributed by atoms with Crippen molar-refractivity contribution in [3.63, 3.8) is 0 Å². The van der Waals surface area contributed by atoms with Crippen molar-refractivity contribution >= 4 is 11.8 Å². The second-order valence-corrected chi connectivity index (χ2v) is 4.36. The summed E-state index contributed by atoms with van der Waals surface area (Å²) < 4.78 is 49.5. The van der Waals surface area contributed by atoms with Crippen LogP contribution < -0.4 is 0 Å². The van der Waals surface area contributed by atoms with Crippen LogP contribution in [0, 0.1) is 12.7 Å². The molecular formula is C11H11F4S. The number of halogens is 4. The summed E-state index contributed by atoms with van der Waals surface area (Å²) in [5.41, 5.74) is -3.86. The molecule has 16 heavy (non-hydrogen) atoms. The van der Waals surface area contributed by atoms with Crippen LogP contribution in [0.1, 0.15) is 18.4 Å². The monoisotopic (exact) mass is 251 g/mol. The van der Waals surface area contributed by atoms with Gasteiger partial charge in [0.05, 0.1) is 0 Å². The maximum absolute atomic E-state index is 12.9. The summed E-state index contributed by atoms with van der Waals surface area (Å²) in [5.74, 6) is -0.648. The van der Waals surface area contributed by atoms with Crippen LogP contribution >= 0.6 is 11.8 Å². The highest BCUT2D eigenvalue weighted by atomic mass is 32.2. The SMILES string of the molecule is [CH2]CCCc1ccc(F)cc1SC(F)(F)F. The van der Waals surface area contributed by atoms with Gasteiger partial charge in [-0.3, -0.25) is 0 Å². The largest absolute Gasteiger partial charge is 0.446 e. The Bertz CT molecular complexity index is 346. The minimum absolute atomic E-state index is 0.0547. The highest BCUT2D eigenvalue weighted by molar-refractivity contribution is 8.00. The van der Waals surface area contributed by atoms with Gasteiger partial charge in [0, 0.05) is 4.90 Å². The number of rotatable bonds is 4. The fraction of sp³-hybridized carbons (Fsp3) is 0.364. The molecule has 1 rings (SSSR count). The number of hydrogen-bond donors (Lipinski definition) is 0. The average molecular weight is 251 g/mol. The summed E-state index contributed by atoms with van der Waals surface area (Å²) in [7, 11) is 0. The van der Waals surface area contributed by atoms with E-state index >= 15 is 0 Å². The van der Waals surface area contributed by atoms with Gasteiger partial charge in [0.25, 0.3) is 0 Å². The van der Waals surface area contributed by atoms with E-state index in [2.05, 4.69) is 6.92 Å². The quantitative estimate of drug-likeness (QED) is 0.557. The molecule has 0 amide bonds. The van der Waals surface area contributed by atoms with Gasteiger partial charge in [-0.1, -0.05) is 19.4 Å². The van der Waals surface area contributed by atoms with Gasteiger partial charge >= 0.3 is 5.51 Å². The molecule has 0 nitrogen and oxygen atoms in total. The zero-order valence-corrected chi connectivity index (χ0v) is 9.30. The Labute approximate surface area is 96.0 Å². The molecule has 0 fully saturated rings. The third-order valence-corrected chi connectivity index (χ3v) is 2.78. The number of alkyl halides is 3. The van der Waals surface area contributed by atoms with E-state index < -0.39 is 11.3 Å². The summed E-state index contributed by atoms with van der Waals surface area (Å²) >= 11 is -0.268. The lowest BCUT2D eigenvalue weighted by Crippen LogP contribution is -2.01. The van der Waals surface area contributed by atoms with Gasteiger partial charge in [-0.15, -0.1) is 0 Å². The molecule has 0 N–H and O–H groups in total. The summed E-state index contributed by atoms with van der Waals surface area (Å²) in [6.45, 7) is 3.62. The van der Waals surface area contributed by atoms with E-state index in [4.69, 9.17) is 0 Å². The molecule has 0 aliphatic carbocycles. The lowest BCUT2D eigenvalue weighted by molar-refractivity contribution is -0.0328. The molecule has 1 radical (unpaired) electrons. The van der Waals surface area contributed by atoms with E-state index in [9.17, 15) is 17.6 Å². The van der Waals surface area contributed by atoms with Crippen LogP contribution in [0.25, 0.3) is 0 Å². The second kappa shape index (κ2) is 5.57. The van der Waals surface area contributed by atoms with Crippen LogP contribution in [0.5, 0.6) is 0 Å². The van der Waals surface area contributed by atoms with Crippen molar-refractivity contribution in [1.29, 1.82) is 0 Å². The van der Waals surface area contributed by atoms with Crippen molar-refractivity contribution in [3.05, 3.63) is 36.5 Å². The van der Waals surface area contributed by atoms with Crippen LogP contribution in [0.3, 0.4) is 0 Å². The third kappa shape index (κ3) is 4.43. The van der Waals surface area contributed by atoms with Crippen LogP contribution in [0.2, 0.25) is 0 Å². The van der Waals surface area contributed by atoms with Gasteiger partial charge in [0.2, 0.25) is 0 Å². The summed E-state index contributed by atoms with van der Waals surface area (Å²) in [5, 5.41) is 0. The molecule has 0 aromatic heterocycles. The second-order valence-electron chi connectivity index (χ2n) is 3.26. The molecule has 0 unspecified atom stereocenters. The maximum Gasteiger partial charge on any atom is 0.446 e. The van der Waals surface area contributed by atoms with Gasteiger partial charge < -0.3 is 0 Å². The molecule has 0 bridgehead atoms. The van der Waals surface area contributed by atoms with E-state index in [0.29, 0.717) is 24.8 Å². The Morgan fingerprint density at radius 1 is 1.25 bits per heavy atom. The molecule has 89 valence electrons. The Morgan fingerprint density at radius 3 is 2.50 bits per heavy atom. The summed E-state index contributed by atoms with van der Waals surface area (Å²) in [6.07, 6.45) is 1.83. The van der Waals surface area contributed by atoms with Gasteiger partial charge in [-0.2, -0.15) is 13.2 Å². The van der Waals surface area contributed by atoms with Crippen molar-refractivity contribution in [2.75, 3.05) is 0 Å². The Hall–Kier alpha value is -0.710. The lowest BCUT2D eigenvalue weighted by atomic mass is 10.1. The first-order chi connectivity index (χ1) is 7.42. The van der Waals surface area contributed by atoms with Gasteiger partial charge in [-0.05, 0) is 42.3 Å². The first kappa shape index (κ1) is 13.4. The van der Waals surface area contributed by atoms with Gasteiger partial charge in [0.15, 0.2) is 0 Å². The molecule has 0 aliphatic heterocycles. The zero-order chi connectivity index (χ0) is 12.2. The predicted octanol–water partition coefficient (Wildman–Crippen LogP) is 4.59. The highest BCUT2D eigenvalue weighted by Gasteiger charge is 2.30. The van der Waals surface area contributed by atoms with Crippen molar-refractivity contribution in [2.45, 2.75) is 29.7 Å². The molecule has 0 saturated heterocycles. The van der Waals surface area contributed by atoms with Crippen LogP contribution in [-0.4, -0.2) is 5.51 Å². The topological polar surface area (TPSA) is 0 Å². The number of aryl methyl sites for hydroxylation is 1. The average Bonchev–Trinajstić information content (AvgIpc) is 2.14. The van der Waals surface area contributed by atoms with Crippen LogP contribution in [0.15, 0.2) is 23.1 Å². The molecule has 0 aliphatic rings. The lowest BCUT2D eigenvalue weighted by Gasteiger charge is -2.10. The molecule has 0 spiro atoms. The molecule has 0 saturated carbocycles. The van der Waals surface area contributed by atoms with Gasteiger partial charge in [-0.25, -0.2) is 4.39 Å². The predicted molar refractivity (Wildman–Crippen MR) is 56.6 cm³/mol. The zero-order valence-electron chi connectivity index (χ0n) is 8.48. The van der Waals surface area contributed by atoms with Crippen LogP contribution in [-0.2, 0) is 6.42 Å². The fourth-order valence-corrected chi connectivity index (χ4v) is 1.99. The molecule has 0 atom stereocenters. The first-order valence-electron chi connectivity index (χ1n) is 4.76. The Balaban J connectivity index is 2.89. The third-order valence-electron chi connectivity index (χ3n) is 1.95. The van der Waals surface area contributed by atoms with Crippen molar-refractivity contribution in [1.82, 2.24) is 0 Å². The summed E-state index contributed by atoms with van der Waals surface area (Å²) in [6, 6.07) is 3.51. The van der Waals surface area contributed by atoms with E-state index in [0.717, 1.165) is 6.07 Å². The summed E-state index contributed by atoms with van der Waals surface area (Å²) in [4.78, 5) is -0.0547. The van der Waals surface area contributed by atoms with E-state index in [-0.39, 0.29) is 16.7 Å². The van der Waals surface area contributed by atoms with Crippen molar-refractivity contribution in [3.8, 4) is 0 Å². The van der Waals surface area contributed by atoms with Gasteiger partial charge in [0.1, 0.15) is 5.82 Å². The molecule has 1 aromatic carbocycles. The fourth-order valence-electron chi connectivity index (χ4n) is 1.27. The number of hydrogen-bond acceptors (Lipinski definition) is 1. The molecule has 0 heterocycles. The standard InChI is InChI=1S/C11H11F4S/c1-2-3-4-8-5-6-9(12)7-10(8)16-11(13,14)15/h5-7H,1-4H2. The van der Waals surface area contributed by atoms with Crippen LogP contribution in [0.4, 0.5) is 17.6 Å². The normalized spacial score (nSPS) is 11.8. The highest BCUT2D eigenvalue weighted by Crippen LogP contribution is 2.39. The Kier molecular flexibility index (Phi) is 4.65. The van der Waals surface area contributed by atoms with E-state index in [1.54, 1.807) is 0 Å². The Morgan fingerprint density at radius 2 is 1.94 bits per heavy atom. The number of thioether (sulfide) groups is 1. The molecular weight excluding hydrogens is 240 g/mol. The minimum Gasteiger partial charge on any atom is -0.207 e. The number of unbranched alkanes of at least 4 members (excludes halogenated alkanes) is 1. The number of benzene rings is 1. The first-order valence-corrected chi connectivity index (χ1v) is 5.57. The minimum atomic E-state index is -4.38. The molecule has 1 aromatic rings. The smallest absolute Gasteiger partial charge is 0.207 e. The van der Waals surface area contributed by atoms with E-state index in [1.807, 2.05) is 0 Å². The van der Waals surface area contributed by atoms with E-state index in [1.165, 1.54) is 12.1 Å². The van der Waals surface area contributed by atoms with Crippen molar-refractivity contribution in [2.24, 2.45) is 0 Å².